The molecule has 0 aliphatic heterocycles. The van der Waals surface area contributed by atoms with E-state index >= 15 is 0 Å². The zero-order chi connectivity index (χ0) is 12.0. The summed E-state index contributed by atoms with van der Waals surface area (Å²) in [4.78, 5) is 0. The van der Waals surface area contributed by atoms with Crippen LogP contribution in [-0.2, 0) is 6.54 Å². The number of hydrogen-bond donors (Lipinski definition) is 2. The van der Waals surface area contributed by atoms with Crippen LogP contribution in [0.1, 0.15) is 39.2 Å². The highest BCUT2D eigenvalue weighted by atomic mass is 16.3. The minimum Gasteiger partial charge on any atom is -0.508 e. The lowest BCUT2D eigenvalue weighted by molar-refractivity contribution is 0.412. The van der Waals surface area contributed by atoms with Crippen LogP contribution in [0.15, 0.2) is 24.3 Å². The lowest BCUT2D eigenvalue weighted by atomic mass is 10.0. The van der Waals surface area contributed by atoms with Crippen molar-refractivity contribution in [3.05, 3.63) is 29.8 Å². The van der Waals surface area contributed by atoms with Crippen LogP contribution in [-0.4, -0.2) is 11.1 Å². The van der Waals surface area contributed by atoms with E-state index in [1.54, 1.807) is 12.1 Å². The fraction of sp³-hybridized carbons (Fsp3) is 0.571. The van der Waals surface area contributed by atoms with Crippen LogP contribution in [0, 0.1) is 5.92 Å². The topological polar surface area (TPSA) is 32.3 Å². The van der Waals surface area contributed by atoms with Gasteiger partial charge in [-0.1, -0.05) is 32.4 Å². The molecular formula is C14H23NO. The van der Waals surface area contributed by atoms with Crippen molar-refractivity contribution < 1.29 is 5.11 Å². The van der Waals surface area contributed by atoms with Gasteiger partial charge in [-0.15, -0.1) is 0 Å². The summed E-state index contributed by atoms with van der Waals surface area (Å²) in [5.41, 5.74) is 1.22. The Morgan fingerprint density at radius 1 is 1.19 bits per heavy atom. The highest BCUT2D eigenvalue weighted by Crippen LogP contribution is 2.12. The van der Waals surface area contributed by atoms with E-state index < -0.39 is 0 Å². The van der Waals surface area contributed by atoms with Gasteiger partial charge in [0.15, 0.2) is 0 Å². The summed E-state index contributed by atoms with van der Waals surface area (Å²) in [6.07, 6.45) is 2.46. The molecule has 16 heavy (non-hydrogen) atoms. The molecule has 0 spiro atoms. The highest BCUT2D eigenvalue weighted by Gasteiger charge is 2.06. The standard InChI is InChI=1S/C14H23NO/c1-4-11(2)9-12(3)15-10-13-5-7-14(16)8-6-13/h5-8,11-12,15-16H,4,9-10H2,1-3H3. The molecule has 2 atom stereocenters. The number of benzene rings is 1. The second-order valence-electron chi connectivity index (χ2n) is 4.70. The number of phenolic OH excluding ortho intramolecular Hbond substituents is 1. The molecule has 0 aliphatic rings. The molecule has 0 bridgehead atoms. The first kappa shape index (κ1) is 13.0. The molecule has 1 rings (SSSR count). The molecule has 2 nitrogen and oxygen atoms in total. The van der Waals surface area contributed by atoms with Crippen LogP contribution in [0.25, 0.3) is 0 Å². The zero-order valence-corrected chi connectivity index (χ0v) is 10.5. The smallest absolute Gasteiger partial charge is 0.115 e. The molecule has 0 fully saturated rings. The van der Waals surface area contributed by atoms with Crippen molar-refractivity contribution in [3.8, 4) is 5.75 Å². The molecule has 2 unspecified atom stereocenters. The van der Waals surface area contributed by atoms with Gasteiger partial charge in [-0.3, -0.25) is 0 Å². The molecule has 0 radical (unpaired) electrons. The van der Waals surface area contributed by atoms with Gasteiger partial charge in [0.25, 0.3) is 0 Å². The number of nitrogens with one attached hydrogen (secondary N) is 1. The van der Waals surface area contributed by atoms with Crippen molar-refractivity contribution in [3.63, 3.8) is 0 Å². The van der Waals surface area contributed by atoms with E-state index in [-0.39, 0.29) is 0 Å². The molecule has 0 amide bonds. The number of phenols is 1. The molecule has 0 heterocycles. The van der Waals surface area contributed by atoms with Gasteiger partial charge in [0, 0.05) is 12.6 Å². The van der Waals surface area contributed by atoms with Crippen molar-refractivity contribution in [2.24, 2.45) is 5.92 Å². The quantitative estimate of drug-likeness (QED) is 0.772. The number of aromatic hydroxyl groups is 1. The average Bonchev–Trinajstić information content (AvgIpc) is 2.28. The Bertz CT molecular complexity index is 294. The molecule has 0 saturated heterocycles. The molecule has 0 saturated carbocycles. The van der Waals surface area contributed by atoms with Crippen LogP contribution in [0.5, 0.6) is 5.75 Å². The lowest BCUT2D eigenvalue weighted by Gasteiger charge is -2.17. The van der Waals surface area contributed by atoms with E-state index in [0.29, 0.717) is 11.8 Å². The van der Waals surface area contributed by atoms with E-state index in [9.17, 15) is 0 Å². The predicted molar refractivity (Wildman–Crippen MR) is 68.5 cm³/mol. The molecule has 0 aliphatic carbocycles. The van der Waals surface area contributed by atoms with Gasteiger partial charge < -0.3 is 10.4 Å². The Morgan fingerprint density at radius 3 is 2.38 bits per heavy atom. The summed E-state index contributed by atoms with van der Waals surface area (Å²) in [5.74, 6) is 1.11. The second kappa shape index (κ2) is 6.54. The third-order valence-corrected chi connectivity index (χ3v) is 3.04. The fourth-order valence-corrected chi connectivity index (χ4v) is 1.76. The first-order chi connectivity index (χ1) is 7.61. The Hall–Kier alpha value is -1.02. The summed E-state index contributed by atoms with van der Waals surface area (Å²) >= 11 is 0. The minimum atomic E-state index is 0.330. The lowest BCUT2D eigenvalue weighted by Crippen LogP contribution is -2.27. The van der Waals surface area contributed by atoms with Gasteiger partial charge in [0.1, 0.15) is 5.75 Å². The first-order valence-corrected chi connectivity index (χ1v) is 6.13. The molecule has 2 heteroatoms. The number of hydrogen-bond acceptors (Lipinski definition) is 2. The Labute approximate surface area is 98.7 Å². The normalized spacial score (nSPS) is 14.7. The molecule has 1 aromatic carbocycles. The summed E-state index contributed by atoms with van der Waals surface area (Å²) < 4.78 is 0. The first-order valence-electron chi connectivity index (χ1n) is 6.13. The van der Waals surface area contributed by atoms with Crippen molar-refractivity contribution in [2.45, 2.75) is 46.2 Å². The van der Waals surface area contributed by atoms with Crippen LogP contribution in [0.4, 0.5) is 0 Å². The van der Waals surface area contributed by atoms with Gasteiger partial charge in [-0.25, -0.2) is 0 Å². The monoisotopic (exact) mass is 221 g/mol. The van der Waals surface area contributed by atoms with E-state index in [2.05, 4.69) is 26.1 Å². The Morgan fingerprint density at radius 2 is 1.81 bits per heavy atom. The van der Waals surface area contributed by atoms with Gasteiger partial charge in [0.05, 0.1) is 0 Å². The van der Waals surface area contributed by atoms with Crippen LogP contribution < -0.4 is 5.32 Å². The maximum absolute atomic E-state index is 9.16. The van der Waals surface area contributed by atoms with E-state index in [1.165, 1.54) is 18.4 Å². The maximum atomic E-state index is 9.16. The molecular weight excluding hydrogens is 198 g/mol. The third kappa shape index (κ3) is 4.67. The van der Waals surface area contributed by atoms with Crippen molar-refractivity contribution >= 4 is 0 Å². The van der Waals surface area contributed by atoms with Gasteiger partial charge in [-0.2, -0.15) is 0 Å². The molecule has 0 aromatic heterocycles. The van der Waals surface area contributed by atoms with Crippen LogP contribution in [0.2, 0.25) is 0 Å². The van der Waals surface area contributed by atoms with E-state index in [0.717, 1.165) is 12.5 Å². The average molecular weight is 221 g/mol. The maximum Gasteiger partial charge on any atom is 0.115 e. The fourth-order valence-electron chi connectivity index (χ4n) is 1.76. The van der Waals surface area contributed by atoms with Crippen LogP contribution >= 0.6 is 0 Å². The summed E-state index contributed by atoms with van der Waals surface area (Å²) in [6.45, 7) is 7.63. The Balaban J connectivity index is 2.31. The summed E-state index contributed by atoms with van der Waals surface area (Å²) in [5, 5.41) is 12.7. The third-order valence-electron chi connectivity index (χ3n) is 3.04. The van der Waals surface area contributed by atoms with Gasteiger partial charge in [-0.05, 0) is 37.0 Å². The molecule has 1 aromatic rings. The van der Waals surface area contributed by atoms with Crippen LogP contribution in [0.3, 0.4) is 0 Å². The minimum absolute atomic E-state index is 0.330. The van der Waals surface area contributed by atoms with Crippen molar-refractivity contribution in [1.82, 2.24) is 5.32 Å². The predicted octanol–water partition coefficient (Wildman–Crippen LogP) is 3.31. The second-order valence-corrected chi connectivity index (χ2v) is 4.70. The van der Waals surface area contributed by atoms with Crippen molar-refractivity contribution in [2.75, 3.05) is 0 Å². The van der Waals surface area contributed by atoms with Gasteiger partial charge in [0.2, 0.25) is 0 Å². The largest absolute Gasteiger partial charge is 0.508 e. The van der Waals surface area contributed by atoms with Crippen molar-refractivity contribution in [1.29, 1.82) is 0 Å². The van der Waals surface area contributed by atoms with E-state index in [4.69, 9.17) is 5.11 Å². The Kier molecular flexibility index (Phi) is 5.33. The number of rotatable bonds is 6. The van der Waals surface area contributed by atoms with E-state index in [1.807, 2.05) is 12.1 Å². The molecule has 90 valence electrons. The summed E-state index contributed by atoms with van der Waals surface area (Å²) in [6, 6.07) is 7.92. The zero-order valence-electron chi connectivity index (χ0n) is 10.5. The molecule has 2 N–H and O–H groups in total. The SMILES string of the molecule is CCC(C)CC(C)NCc1ccc(O)cc1. The summed E-state index contributed by atoms with van der Waals surface area (Å²) in [7, 11) is 0. The highest BCUT2D eigenvalue weighted by molar-refractivity contribution is 5.25. The van der Waals surface area contributed by atoms with Gasteiger partial charge >= 0.3 is 0 Å².